The molecule has 0 bridgehead atoms. The van der Waals surface area contributed by atoms with E-state index in [2.05, 4.69) is 28.6 Å². The lowest BCUT2D eigenvalue weighted by atomic mass is 10.0. The summed E-state index contributed by atoms with van der Waals surface area (Å²) in [5, 5.41) is 2.11. The fourth-order valence-corrected chi connectivity index (χ4v) is 6.33. The van der Waals surface area contributed by atoms with Crippen LogP contribution in [-0.2, 0) is 30.9 Å². The van der Waals surface area contributed by atoms with Crippen LogP contribution in [0.3, 0.4) is 0 Å². The lowest BCUT2D eigenvalue weighted by molar-refractivity contribution is -0.692. The summed E-state index contributed by atoms with van der Waals surface area (Å²) in [6.07, 6.45) is 26.6. The van der Waals surface area contributed by atoms with Crippen LogP contribution in [0.2, 0.25) is 0 Å². The molecule has 2 heterocycles. The minimum absolute atomic E-state index is 0.00411. The highest BCUT2D eigenvalue weighted by molar-refractivity contribution is 7.85. The molecule has 0 saturated carbocycles. The van der Waals surface area contributed by atoms with E-state index < -0.39 is 10.1 Å². The molecule has 0 radical (unpaired) electrons. The van der Waals surface area contributed by atoms with Gasteiger partial charge in [0.05, 0.1) is 23.5 Å². The quantitative estimate of drug-likeness (QED) is 0.0640. The van der Waals surface area contributed by atoms with Crippen LogP contribution in [0, 0.1) is 6.92 Å². The third-order valence-electron chi connectivity index (χ3n) is 7.95. The van der Waals surface area contributed by atoms with Gasteiger partial charge in [-0.1, -0.05) is 126 Å². The van der Waals surface area contributed by atoms with Crippen LogP contribution in [0.25, 0.3) is 0 Å². The molecule has 44 heavy (non-hydrogen) atoms. The largest absolute Gasteiger partial charge is 0.744 e. The van der Waals surface area contributed by atoms with Crippen LogP contribution in [0.15, 0.2) is 46.2 Å². The summed E-state index contributed by atoms with van der Waals surface area (Å²) in [5.74, 6) is 0. The zero-order valence-corrected chi connectivity index (χ0v) is 29.1. The highest BCUT2D eigenvalue weighted by atomic mass is 32.2. The van der Waals surface area contributed by atoms with Crippen LogP contribution in [0.5, 0.6) is 0 Å². The van der Waals surface area contributed by atoms with E-state index in [-0.39, 0.29) is 17.3 Å². The number of benzene rings is 1. The number of unbranched alkanes of at least 4 members (excludes halogenated alkanes) is 15. The Morgan fingerprint density at radius 3 is 2.00 bits per heavy atom. The van der Waals surface area contributed by atoms with Crippen molar-refractivity contribution in [3.63, 3.8) is 0 Å². The van der Waals surface area contributed by atoms with Gasteiger partial charge in [-0.15, -0.1) is 0 Å². The van der Waals surface area contributed by atoms with E-state index in [1.807, 2.05) is 6.92 Å². The fraction of sp³-hybridized carbons (Fsp3) is 0.743. The molecular formula is C35H59NO6S2. The molecule has 2 atom stereocenters. The molecule has 9 heteroatoms. The smallest absolute Gasteiger partial charge is 0.224 e. The molecule has 0 aliphatic carbocycles. The Bertz CT molecular complexity index is 1030. The molecule has 3 rings (SSSR count). The van der Waals surface area contributed by atoms with Crippen molar-refractivity contribution in [3.8, 4) is 0 Å². The van der Waals surface area contributed by atoms with Crippen LogP contribution >= 0.6 is 11.3 Å². The van der Waals surface area contributed by atoms with Gasteiger partial charge >= 0.3 is 0 Å². The van der Waals surface area contributed by atoms with Crippen LogP contribution < -0.4 is 4.57 Å². The first kappa shape index (κ1) is 38.8. The number of aryl methyl sites for hydroxylation is 2. The van der Waals surface area contributed by atoms with E-state index >= 15 is 0 Å². The topological polar surface area (TPSA) is 88.8 Å². The normalized spacial score (nSPS) is 16.6. The van der Waals surface area contributed by atoms with Gasteiger partial charge in [0.1, 0.15) is 22.8 Å². The number of hydrogen-bond donors (Lipinski definition) is 0. The van der Waals surface area contributed by atoms with Crippen LogP contribution in [-0.4, -0.2) is 45.2 Å². The van der Waals surface area contributed by atoms with Gasteiger partial charge in [-0.25, -0.2) is 8.42 Å². The van der Waals surface area contributed by atoms with Crippen molar-refractivity contribution in [2.24, 2.45) is 0 Å². The average molecular weight is 654 g/mol. The van der Waals surface area contributed by atoms with Crippen molar-refractivity contribution < 1.29 is 31.7 Å². The van der Waals surface area contributed by atoms with Crippen molar-refractivity contribution in [1.29, 1.82) is 0 Å². The molecule has 1 aromatic heterocycles. The van der Waals surface area contributed by atoms with Gasteiger partial charge in [0.25, 0.3) is 0 Å². The number of rotatable bonds is 24. The Morgan fingerprint density at radius 1 is 0.864 bits per heavy atom. The van der Waals surface area contributed by atoms with Crippen LogP contribution in [0.1, 0.15) is 128 Å². The fourth-order valence-electron chi connectivity index (χ4n) is 5.24. The van der Waals surface area contributed by atoms with E-state index in [1.54, 1.807) is 23.5 Å². The molecular weight excluding hydrogens is 595 g/mol. The molecule has 2 aromatic rings. The van der Waals surface area contributed by atoms with Crippen molar-refractivity contribution >= 4 is 21.5 Å². The van der Waals surface area contributed by atoms with Gasteiger partial charge in [0.15, 0.2) is 12.5 Å². The molecule has 0 N–H and O–H groups in total. The van der Waals surface area contributed by atoms with E-state index in [0.717, 1.165) is 38.0 Å². The van der Waals surface area contributed by atoms with Crippen LogP contribution in [0.4, 0.5) is 0 Å². The first-order valence-electron chi connectivity index (χ1n) is 17.2. The number of nitrogens with zero attached hydrogens (tertiary/aromatic N) is 1. The second kappa shape index (κ2) is 24.8. The van der Waals surface area contributed by atoms with E-state index in [1.165, 1.54) is 108 Å². The summed E-state index contributed by atoms with van der Waals surface area (Å²) in [7, 11) is -4.27. The average Bonchev–Trinajstić information content (AvgIpc) is 3.69. The molecule has 0 unspecified atom stereocenters. The molecule has 0 spiro atoms. The minimum Gasteiger partial charge on any atom is -0.744 e. The summed E-state index contributed by atoms with van der Waals surface area (Å²) < 4.78 is 51.0. The molecule has 7 nitrogen and oxygen atoms in total. The summed E-state index contributed by atoms with van der Waals surface area (Å²) >= 11 is 1.74. The molecule has 1 aromatic carbocycles. The van der Waals surface area contributed by atoms with Crippen molar-refractivity contribution in [2.75, 3.05) is 19.8 Å². The molecule has 1 aliphatic rings. The number of ether oxygens (including phenoxy) is 3. The standard InChI is InChI=1S/C28H52NO3S.C7H8O3S/c1-2-3-4-5-6-7-8-9-10-11-12-13-14-15-16-19-28-31-25-27(32-28)24-30-22-18-17-20-29-21-23-33-26-29;1-6-2-4-7(5-3-6)11(8,9)10/h21,23,26-28H,2-20,22,24-25H2,1H3;2-5H,1H3,(H,8,9,10)/q+1;/p-1/t27-,28-;/m0./s1. The molecule has 0 amide bonds. The van der Waals surface area contributed by atoms with E-state index in [9.17, 15) is 13.0 Å². The van der Waals surface area contributed by atoms with Gasteiger partial charge in [-0.05, 0) is 38.3 Å². The van der Waals surface area contributed by atoms with E-state index in [0.29, 0.717) is 13.2 Å². The Labute approximate surface area is 272 Å². The second-order valence-electron chi connectivity index (χ2n) is 12.1. The van der Waals surface area contributed by atoms with Crippen molar-refractivity contribution in [2.45, 2.75) is 153 Å². The lowest BCUT2D eigenvalue weighted by Gasteiger charge is -2.11. The minimum atomic E-state index is -4.27. The van der Waals surface area contributed by atoms with Gasteiger partial charge in [0, 0.05) is 13.0 Å². The van der Waals surface area contributed by atoms with Gasteiger partial charge in [-0.3, -0.25) is 0 Å². The predicted octanol–water partition coefficient (Wildman–Crippen LogP) is 8.73. The Balaban J connectivity index is 0.000000514. The number of hydrogen-bond acceptors (Lipinski definition) is 7. The second-order valence-corrected chi connectivity index (χ2v) is 14.2. The highest BCUT2D eigenvalue weighted by Crippen LogP contribution is 2.19. The Kier molecular flexibility index (Phi) is 21.9. The monoisotopic (exact) mass is 653 g/mol. The van der Waals surface area contributed by atoms with Crippen molar-refractivity contribution in [1.82, 2.24) is 0 Å². The van der Waals surface area contributed by atoms with Gasteiger partial charge < -0.3 is 18.8 Å². The zero-order valence-electron chi connectivity index (χ0n) is 27.5. The maximum Gasteiger partial charge on any atom is 0.224 e. The highest BCUT2D eigenvalue weighted by Gasteiger charge is 2.25. The maximum atomic E-state index is 10.4. The Hall–Kier alpha value is -1.36. The number of aromatic nitrogens is 1. The van der Waals surface area contributed by atoms with Crippen molar-refractivity contribution in [3.05, 3.63) is 46.9 Å². The zero-order chi connectivity index (χ0) is 31.7. The molecule has 1 fully saturated rings. The first-order chi connectivity index (χ1) is 21.4. The Morgan fingerprint density at radius 2 is 1.45 bits per heavy atom. The van der Waals surface area contributed by atoms with Gasteiger partial charge in [0.2, 0.25) is 5.51 Å². The number of thiazole rings is 1. The maximum absolute atomic E-state index is 10.4. The third-order valence-corrected chi connectivity index (χ3v) is 9.47. The SMILES string of the molecule is CCCCCCCCCCCCCCCCC[C@H]1OC[C@H](COCCCC[n+]2ccsc2)O1.Cc1ccc(S(=O)(=O)[O-])cc1. The van der Waals surface area contributed by atoms with E-state index in [4.69, 9.17) is 14.2 Å². The summed E-state index contributed by atoms with van der Waals surface area (Å²) in [4.78, 5) is -0.178. The predicted molar refractivity (Wildman–Crippen MR) is 178 cm³/mol. The molecule has 1 saturated heterocycles. The summed E-state index contributed by atoms with van der Waals surface area (Å²) in [6, 6.07) is 5.78. The lowest BCUT2D eigenvalue weighted by Crippen LogP contribution is -2.30. The molecule has 1 aliphatic heterocycles. The molecule has 252 valence electrons. The van der Waals surface area contributed by atoms with Gasteiger partial charge in [-0.2, -0.15) is 4.57 Å². The summed E-state index contributed by atoms with van der Waals surface area (Å²) in [5.41, 5.74) is 3.08. The summed E-state index contributed by atoms with van der Waals surface area (Å²) in [6.45, 7) is 7.36. The third kappa shape index (κ3) is 19.9. The first-order valence-corrected chi connectivity index (χ1v) is 19.5.